The van der Waals surface area contributed by atoms with Crippen molar-refractivity contribution in [2.75, 3.05) is 0 Å². The molecule has 0 aliphatic heterocycles. The Labute approximate surface area is 121 Å². The highest BCUT2D eigenvalue weighted by Gasteiger charge is 2.29. The Morgan fingerprint density at radius 3 is 2.50 bits per heavy atom. The van der Waals surface area contributed by atoms with Crippen molar-refractivity contribution >= 4 is 11.6 Å². The summed E-state index contributed by atoms with van der Waals surface area (Å²) in [6.07, 6.45) is 0.377. The molecule has 2 aromatic carbocycles. The first-order valence-corrected chi connectivity index (χ1v) is 6.75. The van der Waals surface area contributed by atoms with Crippen LogP contribution >= 0.6 is 11.6 Å². The van der Waals surface area contributed by atoms with E-state index >= 15 is 0 Å². The first-order chi connectivity index (χ1) is 9.46. The van der Waals surface area contributed by atoms with Gasteiger partial charge >= 0.3 is 0 Å². The van der Waals surface area contributed by atoms with E-state index in [1.165, 1.54) is 24.3 Å². The van der Waals surface area contributed by atoms with Gasteiger partial charge in [-0.2, -0.15) is 0 Å². The molecule has 2 aromatic rings. The maximum Gasteiger partial charge on any atom is 0.145 e. The molecule has 0 aliphatic rings. The third-order valence-corrected chi connectivity index (χ3v) is 3.75. The summed E-state index contributed by atoms with van der Waals surface area (Å²) >= 11 is 5.74. The molecule has 0 bridgehead atoms. The smallest absolute Gasteiger partial charge is 0.145 e. The molecule has 1 nitrogen and oxygen atoms in total. The monoisotopic (exact) mass is 296 g/mol. The van der Waals surface area contributed by atoms with Crippen LogP contribution in [0.25, 0.3) is 0 Å². The minimum Gasteiger partial charge on any atom is -0.385 e. The molecule has 1 atom stereocenters. The fraction of sp³-hybridized carbons (Fsp3) is 0.250. The Morgan fingerprint density at radius 2 is 1.85 bits per heavy atom. The summed E-state index contributed by atoms with van der Waals surface area (Å²) in [5, 5.41) is 10.7. The molecule has 0 saturated heterocycles. The highest BCUT2D eigenvalue weighted by atomic mass is 35.5. The number of hydrogen-bond acceptors (Lipinski definition) is 1. The molecule has 106 valence electrons. The quantitative estimate of drug-likeness (QED) is 0.883. The standard InChI is InChI=1S/C16H15ClF2O/c1-2-16(20,12-6-4-7-13(18)9-12)10-11-5-3-8-14(17)15(11)19/h3-9,20H,2,10H2,1H3. The average Bonchev–Trinajstić information content (AvgIpc) is 2.44. The molecule has 0 spiro atoms. The number of halogens is 3. The van der Waals surface area contributed by atoms with E-state index in [0.717, 1.165) is 0 Å². The van der Waals surface area contributed by atoms with Crippen molar-refractivity contribution in [2.24, 2.45) is 0 Å². The Bertz CT molecular complexity index is 615. The maximum absolute atomic E-state index is 13.9. The molecule has 1 unspecified atom stereocenters. The van der Waals surface area contributed by atoms with Crippen LogP contribution in [0.4, 0.5) is 8.78 Å². The van der Waals surface area contributed by atoms with E-state index in [4.69, 9.17) is 11.6 Å². The fourth-order valence-electron chi connectivity index (χ4n) is 2.21. The minimum absolute atomic E-state index is 0.0141. The third kappa shape index (κ3) is 3.00. The van der Waals surface area contributed by atoms with Gasteiger partial charge in [-0.3, -0.25) is 0 Å². The molecule has 0 saturated carbocycles. The van der Waals surface area contributed by atoms with Crippen LogP contribution in [0.1, 0.15) is 24.5 Å². The zero-order chi connectivity index (χ0) is 14.8. The molecule has 4 heteroatoms. The Kier molecular flexibility index (Phi) is 4.41. The van der Waals surface area contributed by atoms with Crippen molar-refractivity contribution in [3.63, 3.8) is 0 Å². The van der Waals surface area contributed by atoms with Gasteiger partial charge in [0.25, 0.3) is 0 Å². The fourth-order valence-corrected chi connectivity index (χ4v) is 2.40. The maximum atomic E-state index is 13.9. The van der Waals surface area contributed by atoms with Gasteiger partial charge in [0, 0.05) is 6.42 Å². The number of benzene rings is 2. The van der Waals surface area contributed by atoms with Crippen molar-refractivity contribution < 1.29 is 13.9 Å². The van der Waals surface area contributed by atoms with Gasteiger partial charge < -0.3 is 5.11 Å². The van der Waals surface area contributed by atoms with Crippen LogP contribution < -0.4 is 0 Å². The van der Waals surface area contributed by atoms with Crippen LogP contribution in [0.5, 0.6) is 0 Å². The van der Waals surface area contributed by atoms with Gasteiger partial charge in [0.2, 0.25) is 0 Å². The van der Waals surface area contributed by atoms with Gasteiger partial charge in [-0.15, -0.1) is 0 Å². The Morgan fingerprint density at radius 1 is 1.15 bits per heavy atom. The predicted molar refractivity (Wildman–Crippen MR) is 75.7 cm³/mol. The second-order valence-corrected chi connectivity index (χ2v) is 5.19. The van der Waals surface area contributed by atoms with Crippen LogP contribution in [-0.2, 0) is 12.0 Å². The van der Waals surface area contributed by atoms with Gasteiger partial charge in [-0.25, -0.2) is 8.78 Å². The number of aliphatic hydroxyl groups is 1. The highest BCUT2D eigenvalue weighted by Crippen LogP contribution is 2.31. The van der Waals surface area contributed by atoms with E-state index in [2.05, 4.69) is 0 Å². The minimum atomic E-state index is -1.33. The van der Waals surface area contributed by atoms with Crippen LogP contribution in [-0.4, -0.2) is 5.11 Å². The molecule has 0 aromatic heterocycles. The lowest BCUT2D eigenvalue weighted by molar-refractivity contribution is 0.0316. The number of hydrogen-bond donors (Lipinski definition) is 1. The molecule has 20 heavy (non-hydrogen) atoms. The van der Waals surface area contributed by atoms with E-state index in [9.17, 15) is 13.9 Å². The molecular formula is C16H15ClF2O. The van der Waals surface area contributed by atoms with E-state index < -0.39 is 17.2 Å². The zero-order valence-electron chi connectivity index (χ0n) is 11.0. The van der Waals surface area contributed by atoms with E-state index in [1.807, 2.05) is 0 Å². The molecule has 0 amide bonds. The van der Waals surface area contributed by atoms with Gasteiger partial charge in [0.15, 0.2) is 0 Å². The van der Waals surface area contributed by atoms with E-state index in [-0.39, 0.29) is 11.4 Å². The van der Waals surface area contributed by atoms with Crippen molar-refractivity contribution in [3.8, 4) is 0 Å². The normalized spacial score (nSPS) is 14.1. The van der Waals surface area contributed by atoms with E-state index in [1.54, 1.807) is 25.1 Å². The lowest BCUT2D eigenvalue weighted by Crippen LogP contribution is -2.28. The summed E-state index contributed by atoms with van der Waals surface area (Å²) in [6.45, 7) is 1.77. The number of rotatable bonds is 4. The van der Waals surface area contributed by atoms with E-state index in [0.29, 0.717) is 17.5 Å². The molecular weight excluding hydrogens is 282 g/mol. The van der Waals surface area contributed by atoms with Crippen molar-refractivity contribution in [1.29, 1.82) is 0 Å². The second-order valence-electron chi connectivity index (χ2n) is 4.79. The summed E-state index contributed by atoms with van der Waals surface area (Å²) in [7, 11) is 0. The summed E-state index contributed by atoms with van der Waals surface area (Å²) in [5.74, 6) is -0.974. The molecule has 0 aliphatic carbocycles. The van der Waals surface area contributed by atoms with Gasteiger partial charge in [-0.05, 0) is 35.7 Å². The molecule has 0 radical (unpaired) electrons. The lowest BCUT2D eigenvalue weighted by atomic mass is 9.85. The SMILES string of the molecule is CCC(O)(Cc1cccc(Cl)c1F)c1cccc(F)c1. The Balaban J connectivity index is 2.39. The van der Waals surface area contributed by atoms with Gasteiger partial charge in [-0.1, -0.05) is 42.8 Å². The molecule has 1 N–H and O–H groups in total. The highest BCUT2D eigenvalue weighted by molar-refractivity contribution is 6.30. The van der Waals surface area contributed by atoms with Crippen molar-refractivity contribution in [2.45, 2.75) is 25.4 Å². The topological polar surface area (TPSA) is 20.2 Å². The summed E-state index contributed by atoms with van der Waals surface area (Å²) in [4.78, 5) is 0. The van der Waals surface area contributed by atoms with Crippen LogP contribution in [0.15, 0.2) is 42.5 Å². The average molecular weight is 297 g/mol. The van der Waals surface area contributed by atoms with Crippen LogP contribution in [0.3, 0.4) is 0 Å². The summed E-state index contributed by atoms with van der Waals surface area (Å²) < 4.78 is 27.3. The summed E-state index contributed by atoms with van der Waals surface area (Å²) in [5.41, 5.74) is -0.585. The molecule has 0 heterocycles. The first kappa shape index (κ1) is 14.9. The molecule has 0 fully saturated rings. The van der Waals surface area contributed by atoms with Crippen molar-refractivity contribution in [3.05, 3.63) is 70.2 Å². The summed E-state index contributed by atoms with van der Waals surface area (Å²) in [6, 6.07) is 10.4. The lowest BCUT2D eigenvalue weighted by Gasteiger charge is -2.28. The Hall–Kier alpha value is -1.45. The van der Waals surface area contributed by atoms with Crippen LogP contribution in [0, 0.1) is 11.6 Å². The van der Waals surface area contributed by atoms with Crippen LogP contribution in [0.2, 0.25) is 5.02 Å². The van der Waals surface area contributed by atoms with Gasteiger partial charge in [0.05, 0.1) is 10.6 Å². The molecule has 2 rings (SSSR count). The van der Waals surface area contributed by atoms with Crippen molar-refractivity contribution in [1.82, 2.24) is 0 Å². The largest absolute Gasteiger partial charge is 0.385 e. The first-order valence-electron chi connectivity index (χ1n) is 6.37. The predicted octanol–water partition coefficient (Wildman–Crippen LogP) is 4.46. The zero-order valence-corrected chi connectivity index (χ0v) is 11.8. The van der Waals surface area contributed by atoms with Gasteiger partial charge in [0.1, 0.15) is 11.6 Å². The third-order valence-electron chi connectivity index (χ3n) is 3.46. The second kappa shape index (κ2) is 5.90.